The Morgan fingerprint density at radius 1 is 1.24 bits per heavy atom. The van der Waals surface area contributed by atoms with Crippen LogP contribution in [0.1, 0.15) is 33.6 Å². The Labute approximate surface area is 147 Å². The van der Waals surface area contributed by atoms with E-state index in [-0.39, 0.29) is 17.6 Å². The third-order valence-corrected chi connectivity index (χ3v) is 3.66. The largest absolute Gasteiger partial charge is 0.378 e. The molecule has 6 nitrogen and oxygen atoms in total. The van der Waals surface area contributed by atoms with Crippen LogP contribution < -0.4 is 10.9 Å². The standard InChI is InChI=1S/C19H25N3O3/c1-13(2)11-14(3)25-10-9-18(23)20-16-6-4-5-15(12-16)17-7-8-19(24)22-21-17/h4-8,12-14H,9-11H2,1-3H3,(H,20,23)(H,22,24)/t14-/m0/s1. The minimum absolute atomic E-state index is 0.0941. The molecule has 1 atom stereocenters. The van der Waals surface area contributed by atoms with E-state index in [9.17, 15) is 9.59 Å². The molecule has 0 aliphatic heterocycles. The van der Waals surface area contributed by atoms with Crippen molar-refractivity contribution in [3.05, 3.63) is 46.8 Å². The van der Waals surface area contributed by atoms with Crippen molar-refractivity contribution in [3.8, 4) is 11.3 Å². The number of nitrogens with one attached hydrogen (secondary N) is 2. The Morgan fingerprint density at radius 2 is 2.04 bits per heavy atom. The van der Waals surface area contributed by atoms with Crippen molar-refractivity contribution in [2.45, 2.75) is 39.7 Å². The molecule has 0 fully saturated rings. The lowest BCUT2D eigenvalue weighted by molar-refractivity contribution is -0.117. The van der Waals surface area contributed by atoms with Gasteiger partial charge in [-0.05, 0) is 37.5 Å². The number of nitrogens with zero attached hydrogens (tertiary/aromatic N) is 1. The molecule has 1 aromatic carbocycles. The summed E-state index contributed by atoms with van der Waals surface area (Å²) in [5.41, 5.74) is 1.89. The molecular formula is C19H25N3O3. The zero-order chi connectivity index (χ0) is 18.2. The van der Waals surface area contributed by atoms with Gasteiger partial charge in [-0.2, -0.15) is 5.10 Å². The number of benzene rings is 1. The Bertz CT molecular complexity index is 735. The molecule has 2 N–H and O–H groups in total. The van der Waals surface area contributed by atoms with Gasteiger partial charge in [-0.25, -0.2) is 5.10 Å². The highest BCUT2D eigenvalue weighted by Crippen LogP contribution is 2.19. The maximum Gasteiger partial charge on any atom is 0.264 e. The molecule has 25 heavy (non-hydrogen) atoms. The van der Waals surface area contributed by atoms with Gasteiger partial charge in [0.2, 0.25) is 5.91 Å². The number of H-pyrrole nitrogens is 1. The van der Waals surface area contributed by atoms with E-state index in [1.165, 1.54) is 6.07 Å². The Morgan fingerprint density at radius 3 is 2.72 bits per heavy atom. The third-order valence-electron chi connectivity index (χ3n) is 3.66. The van der Waals surface area contributed by atoms with E-state index in [4.69, 9.17) is 4.74 Å². The van der Waals surface area contributed by atoms with Crippen molar-refractivity contribution in [1.29, 1.82) is 0 Å². The van der Waals surface area contributed by atoms with Gasteiger partial charge in [0, 0.05) is 17.3 Å². The van der Waals surface area contributed by atoms with Crippen LogP contribution in [0.2, 0.25) is 0 Å². The number of ether oxygens (including phenoxy) is 1. The number of hydrogen-bond donors (Lipinski definition) is 2. The van der Waals surface area contributed by atoms with Crippen molar-refractivity contribution in [1.82, 2.24) is 10.2 Å². The number of aromatic nitrogens is 2. The zero-order valence-corrected chi connectivity index (χ0v) is 14.9. The molecule has 0 bridgehead atoms. The molecule has 1 amide bonds. The van der Waals surface area contributed by atoms with Crippen molar-refractivity contribution < 1.29 is 9.53 Å². The molecular weight excluding hydrogens is 318 g/mol. The van der Waals surface area contributed by atoms with Gasteiger partial charge in [0.25, 0.3) is 5.56 Å². The number of anilines is 1. The molecule has 1 aromatic heterocycles. The molecule has 0 radical (unpaired) electrons. The predicted octanol–water partition coefficient (Wildman–Crippen LogP) is 3.22. The number of carbonyl (C=O) groups excluding carboxylic acids is 1. The summed E-state index contributed by atoms with van der Waals surface area (Å²) in [5.74, 6) is 0.483. The smallest absolute Gasteiger partial charge is 0.264 e. The molecule has 0 aliphatic carbocycles. The Balaban J connectivity index is 1.88. The lowest BCUT2D eigenvalue weighted by Crippen LogP contribution is -2.18. The van der Waals surface area contributed by atoms with Crippen molar-refractivity contribution in [3.63, 3.8) is 0 Å². The van der Waals surface area contributed by atoms with E-state index < -0.39 is 0 Å². The topological polar surface area (TPSA) is 84.1 Å². The van der Waals surface area contributed by atoms with E-state index >= 15 is 0 Å². The highest BCUT2D eigenvalue weighted by molar-refractivity contribution is 5.91. The number of aromatic amines is 1. The average molecular weight is 343 g/mol. The predicted molar refractivity (Wildman–Crippen MR) is 98.4 cm³/mol. The number of carbonyl (C=O) groups is 1. The zero-order valence-electron chi connectivity index (χ0n) is 14.9. The number of rotatable bonds is 8. The normalized spacial score (nSPS) is 12.2. The van der Waals surface area contributed by atoms with E-state index in [2.05, 4.69) is 29.4 Å². The second kappa shape index (κ2) is 9.13. The van der Waals surface area contributed by atoms with Crippen LogP contribution in [0, 0.1) is 5.92 Å². The monoisotopic (exact) mass is 343 g/mol. The maximum absolute atomic E-state index is 12.1. The van der Waals surface area contributed by atoms with Gasteiger partial charge in [-0.15, -0.1) is 0 Å². The molecule has 134 valence electrons. The Kier molecular flexibility index (Phi) is 6.89. The molecule has 0 spiro atoms. The fourth-order valence-corrected chi connectivity index (χ4v) is 2.57. The summed E-state index contributed by atoms with van der Waals surface area (Å²) >= 11 is 0. The summed E-state index contributed by atoms with van der Waals surface area (Å²) in [5, 5.41) is 9.25. The van der Waals surface area contributed by atoms with E-state index in [1.807, 2.05) is 31.2 Å². The number of hydrogen-bond acceptors (Lipinski definition) is 4. The summed E-state index contributed by atoms with van der Waals surface area (Å²) in [6, 6.07) is 10.4. The van der Waals surface area contributed by atoms with Crippen LogP contribution in [-0.4, -0.2) is 28.8 Å². The first-order chi connectivity index (χ1) is 11.9. The van der Waals surface area contributed by atoms with E-state index in [1.54, 1.807) is 6.07 Å². The van der Waals surface area contributed by atoms with E-state index in [0.717, 1.165) is 12.0 Å². The highest BCUT2D eigenvalue weighted by Gasteiger charge is 2.08. The maximum atomic E-state index is 12.1. The summed E-state index contributed by atoms with van der Waals surface area (Å²) in [7, 11) is 0. The van der Waals surface area contributed by atoms with Gasteiger partial charge in [0.05, 0.1) is 24.8 Å². The van der Waals surface area contributed by atoms with Gasteiger partial charge < -0.3 is 10.1 Å². The van der Waals surface area contributed by atoms with Gasteiger partial charge in [-0.3, -0.25) is 9.59 Å². The summed E-state index contributed by atoms with van der Waals surface area (Å²) in [6.07, 6.45) is 1.45. The minimum Gasteiger partial charge on any atom is -0.378 e. The second-order valence-corrected chi connectivity index (χ2v) is 6.50. The highest BCUT2D eigenvalue weighted by atomic mass is 16.5. The first-order valence-electron chi connectivity index (χ1n) is 8.51. The van der Waals surface area contributed by atoms with Crippen molar-refractivity contribution in [2.24, 2.45) is 5.92 Å². The lowest BCUT2D eigenvalue weighted by atomic mass is 10.1. The van der Waals surface area contributed by atoms with Gasteiger partial charge in [-0.1, -0.05) is 26.0 Å². The molecule has 0 aliphatic rings. The summed E-state index contributed by atoms with van der Waals surface area (Å²) in [4.78, 5) is 23.1. The van der Waals surface area contributed by atoms with Crippen molar-refractivity contribution >= 4 is 11.6 Å². The van der Waals surface area contributed by atoms with Crippen LogP contribution in [0.3, 0.4) is 0 Å². The first kappa shape index (κ1) is 18.9. The molecule has 2 aromatic rings. The van der Waals surface area contributed by atoms with Crippen LogP contribution in [0.4, 0.5) is 5.69 Å². The van der Waals surface area contributed by atoms with Crippen LogP contribution in [0.5, 0.6) is 0 Å². The molecule has 0 saturated heterocycles. The van der Waals surface area contributed by atoms with Gasteiger partial charge in [0.15, 0.2) is 0 Å². The minimum atomic E-state index is -0.250. The second-order valence-electron chi connectivity index (χ2n) is 6.50. The SMILES string of the molecule is CC(C)C[C@H](C)OCCC(=O)Nc1cccc(-c2ccc(=O)[nH]n2)c1. The summed E-state index contributed by atoms with van der Waals surface area (Å²) < 4.78 is 5.66. The number of amides is 1. The molecule has 6 heteroatoms. The molecule has 1 heterocycles. The van der Waals surface area contributed by atoms with Gasteiger partial charge in [0.1, 0.15) is 0 Å². The van der Waals surface area contributed by atoms with Crippen LogP contribution in [-0.2, 0) is 9.53 Å². The Hall–Kier alpha value is -2.47. The fourth-order valence-electron chi connectivity index (χ4n) is 2.57. The first-order valence-corrected chi connectivity index (χ1v) is 8.51. The lowest BCUT2D eigenvalue weighted by Gasteiger charge is -2.15. The molecule has 2 rings (SSSR count). The molecule has 0 unspecified atom stereocenters. The quantitative estimate of drug-likeness (QED) is 0.771. The van der Waals surface area contributed by atoms with Crippen LogP contribution in [0.15, 0.2) is 41.2 Å². The van der Waals surface area contributed by atoms with Crippen LogP contribution in [0.25, 0.3) is 11.3 Å². The van der Waals surface area contributed by atoms with Crippen molar-refractivity contribution in [2.75, 3.05) is 11.9 Å². The van der Waals surface area contributed by atoms with Crippen LogP contribution >= 0.6 is 0 Å². The third kappa shape index (κ3) is 6.51. The van der Waals surface area contributed by atoms with Gasteiger partial charge >= 0.3 is 0 Å². The molecule has 0 saturated carbocycles. The fraction of sp³-hybridized carbons (Fsp3) is 0.421. The average Bonchev–Trinajstić information content (AvgIpc) is 2.55. The van der Waals surface area contributed by atoms with E-state index in [0.29, 0.717) is 30.3 Å². The summed E-state index contributed by atoms with van der Waals surface area (Å²) in [6.45, 7) is 6.73.